The third-order valence-electron chi connectivity index (χ3n) is 3.63. The summed E-state index contributed by atoms with van der Waals surface area (Å²) in [7, 11) is 0. The minimum atomic E-state index is -0.542. The Kier molecular flexibility index (Phi) is 4.52. The number of likely N-dealkylation sites (tertiary alicyclic amines) is 1. The Bertz CT molecular complexity index is 495. The van der Waals surface area contributed by atoms with Crippen LogP contribution in [0.3, 0.4) is 0 Å². The van der Waals surface area contributed by atoms with Gasteiger partial charge in [0, 0.05) is 31.5 Å². The summed E-state index contributed by atoms with van der Waals surface area (Å²) < 4.78 is 18.4. The van der Waals surface area contributed by atoms with Crippen LogP contribution in [-0.2, 0) is 4.74 Å². The van der Waals surface area contributed by atoms with Crippen molar-refractivity contribution in [3.8, 4) is 0 Å². The molecule has 1 aliphatic rings. The molecule has 0 bridgehead atoms. The summed E-state index contributed by atoms with van der Waals surface area (Å²) in [6.45, 7) is 6.38. The highest BCUT2D eigenvalue weighted by atomic mass is 19.1. The van der Waals surface area contributed by atoms with Crippen LogP contribution in [-0.4, -0.2) is 41.4 Å². The third kappa shape index (κ3) is 3.94. The average Bonchev–Trinajstić information content (AvgIpc) is 2.82. The van der Waals surface area contributed by atoms with Gasteiger partial charge in [0.15, 0.2) is 0 Å². The fraction of sp³-hybridized carbons (Fsp3) is 0.562. The van der Waals surface area contributed by atoms with Crippen LogP contribution in [0.5, 0.6) is 0 Å². The molecule has 21 heavy (non-hydrogen) atoms. The van der Waals surface area contributed by atoms with E-state index in [1.807, 2.05) is 20.8 Å². The van der Waals surface area contributed by atoms with Crippen molar-refractivity contribution in [1.29, 1.82) is 0 Å². The molecule has 1 amide bonds. The third-order valence-corrected chi connectivity index (χ3v) is 3.63. The highest BCUT2D eigenvalue weighted by Gasteiger charge is 2.37. The molecule has 1 aromatic rings. The van der Waals surface area contributed by atoms with E-state index in [0.29, 0.717) is 13.1 Å². The SMILES string of the molecule is CC(C)(C)OC(=O)N1CC(c2ccc(F)cc2)[C@@H](CO)C1. The van der Waals surface area contributed by atoms with Crippen LogP contribution in [0.15, 0.2) is 24.3 Å². The summed E-state index contributed by atoms with van der Waals surface area (Å²) in [5, 5.41) is 9.53. The predicted octanol–water partition coefficient (Wildman–Crippen LogP) is 2.77. The normalized spacial score (nSPS) is 22.4. The van der Waals surface area contributed by atoms with Crippen LogP contribution >= 0.6 is 0 Å². The smallest absolute Gasteiger partial charge is 0.410 e. The molecule has 4 nitrogen and oxygen atoms in total. The molecule has 2 rings (SSSR count). The van der Waals surface area contributed by atoms with Crippen LogP contribution in [0.1, 0.15) is 32.3 Å². The number of aliphatic hydroxyl groups excluding tert-OH is 1. The van der Waals surface area contributed by atoms with E-state index in [0.717, 1.165) is 5.56 Å². The van der Waals surface area contributed by atoms with Crippen molar-refractivity contribution in [1.82, 2.24) is 4.90 Å². The Labute approximate surface area is 124 Å². The monoisotopic (exact) mass is 295 g/mol. The zero-order valence-electron chi connectivity index (χ0n) is 12.7. The van der Waals surface area contributed by atoms with E-state index < -0.39 is 5.60 Å². The van der Waals surface area contributed by atoms with Gasteiger partial charge in [-0.1, -0.05) is 12.1 Å². The van der Waals surface area contributed by atoms with Gasteiger partial charge >= 0.3 is 6.09 Å². The van der Waals surface area contributed by atoms with E-state index in [1.54, 1.807) is 17.0 Å². The first kappa shape index (κ1) is 15.8. The minimum Gasteiger partial charge on any atom is -0.444 e. The van der Waals surface area contributed by atoms with Gasteiger partial charge in [-0.3, -0.25) is 0 Å². The number of carbonyl (C=O) groups excluding carboxylic acids is 1. The van der Waals surface area contributed by atoms with Crippen LogP contribution < -0.4 is 0 Å². The molecule has 0 radical (unpaired) electrons. The molecule has 0 spiro atoms. The number of carbonyl (C=O) groups is 1. The van der Waals surface area contributed by atoms with E-state index in [1.165, 1.54) is 12.1 Å². The number of halogens is 1. The predicted molar refractivity (Wildman–Crippen MR) is 77.5 cm³/mol. The number of hydrogen-bond acceptors (Lipinski definition) is 3. The fourth-order valence-corrected chi connectivity index (χ4v) is 2.62. The number of rotatable bonds is 2. The second-order valence-electron chi connectivity index (χ2n) is 6.49. The van der Waals surface area contributed by atoms with Crippen LogP contribution in [0.2, 0.25) is 0 Å². The van der Waals surface area contributed by atoms with Gasteiger partial charge in [0.2, 0.25) is 0 Å². The van der Waals surface area contributed by atoms with Crippen molar-refractivity contribution in [2.24, 2.45) is 5.92 Å². The topological polar surface area (TPSA) is 49.8 Å². The minimum absolute atomic E-state index is 0.00289. The number of aliphatic hydroxyl groups is 1. The molecule has 1 saturated heterocycles. The maximum atomic E-state index is 13.0. The first-order valence-electron chi connectivity index (χ1n) is 7.14. The lowest BCUT2D eigenvalue weighted by molar-refractivity contribution is 0.0283. The number of ether oxygens (including phenoxy) is 1. The lowest BCUT2D eigenvalue weighted by atomic mass is 9.89. The number of nitrogens with zero attached hydrogens (tertiary/aromatic N) is 1. The van der Waals surface area contributed by atoms with Gasteiger partial charge in [0.05, 0.1) is 0 Å². The van der Waals surface area contributed by atoms with Crippen molar-refractivity contribution >= 4 is 6.09 Å². The molecule has 0 aromatic heterocycles. The van der Waals surface area contributed by atoms with Gasteiger partial charge < -0.3 is 14.7 Å². The molecule has 0 aliphatic carbocycles. The molecule has 2 atom stereocenters. The second kappa shape index (κ2) is 6.02. The summed E-state index contributed by atoms with van der Waals surface area (Å²) in [6, 6.07) is 6.22. The van der Waals surface area contributed by atoms with Crippen LogP contribution in [0.4, 0.5) is 9.18 Å². The van der Waals surface area contributed by atoms with E-state index in [4.69, 9.17) is 4.74 Å². The van der Waals surface area contributed by atoms with E-state index in [-0.39, 0.29) is 30.4 Å². The van der Waals surface area contributed by atoms with Crippen molar-refractivity contribution in [3.63, 3.8) is 0 Å². The molecule has 1 heterocycles. The standard InChI is InChI=1S/C16H22FNO3/c1-16(2,3)21-15(20)18-8-12(10-19)14(9-18)11-4-6-13(17)7-5-11/h4-7,12,14,19H,8-10H2,1-3H3/t12-,14?/m1/s1. The van der Waals surface area contributed by atoms with Crippen molar-refractivity contribution < 1.29 is 19.0 Å². The Balaban J connectivity index is 2.10. The average molecular weight is 295 g/mol. The zero-order chi connectivity index (χ0) is 15.6. The molecular formula is C16H22FNO3. The first-order valence-corrected chi connectivity index (χ1v) is 7.14. The summed E-state index contributed by atoms with van der Waals surface area (Å²) in [5.41, 5.74) is 0.390. The quantitative estimate of drug-likeness (QED) is 0.912. The highest BCUT2D eigenvalue weighted by molar-refractivity contribution is 5.68. The van der Waals surface area contributed by atoms with Crippen molar-refractivity contribution in [2.45, 2.75) is 32.3 Å². The summed E-state index contributed by atoms with van der Waals surface area (Å²) >= 11 is 0. The van der Waals surface area contributed by atoms with E-state index in [9.17, 15) is 14.3 Å². The molecule has 1 fully saturated rings. The Morgan fingerprint density at radius 1 is 1.33 bits per heavy atom. The summed E-state index contributed by atoms with van der Waals surface area (Å²) in [6.07, 6.45) is -0.370. The lowest BCUT2D eigenvalue weighted by Crippen LogP contribution is -2.35. The van der Waals surface area contributed by atoms with E-state index >= 15 is 0 Å². The largest absolute Gasteiger partial charge is 0.444 e. The van der Waals surface area contributed by atoms with Gasteiger partial charge in [-0.05, 0) is 38.5 Å². The van der Waals surface area contributed by atoms with Crippen molar-refractivity contribution in [3.05, 3.63) is 35.6 Å². The van der Waals surface area contributed by atoms with Gasteiger partial charge in [0.1, 0.15) is 11.4 Å². The molecule has 5 heteroatoms. The van der Waals surface area contributed by atoms with Gasteiger partial charge in [-0.15, -0.1) is 0 Å². The molecule has 1 unspecified atom stereocenters. The highest BCUT2D eigenvalue weighted by Crippen LogP contribution is 2.33. The molecule has 1 aliphatic heterocycles. The Morgan fingerprint density at radius 2 is 1.95 bits per heavy atom. The molecular weight excluding hydrogens is 273 g/mol. The van der Waals surface area contributed by atoms with Gasteiger partial charge in [0.25, 0.3) is 0 Å². The van der Waals surface area contributed by atoms with E-state index in [2.05, 4.69) is 0 Å². The van der Waals surface area contributed by atoms with Crippen LogP contribution in [0.25, 0.3) is 0 Å². The van der Waals surface area contributed by atoms with Crippen LogP contribution in [0, 0.1) is 11.7 Å². The maximum absolute atomic E-state index is 13.0. The number of benzene rings is 1. The molecule has 1 aromatic carbocycles. The second-order valence-corrected chi connectivity index (χ2v) is 6.49. The van der Waals surface area contributed by atoms with Gasteiger partial charge in [-0.2, -0.15) is 0 Å². The number of hydrogen-bond donors (Lipinski definition) is 1. The zero-order valence-corrected chi connectivity index (χ0v) is 12.7. The molecule has 0 saturated carbocycles. The maximum Gasteiger partial charge on any atom is 0.410 e. The van der Waals surface area contributed by atoms with Crippen molar-refractivity contribution in [2.75, 3.05) is 19.7 Å². The molecule has 116 valence electrons. The number of amides is 1. The Hall–Kier alpha value is -1.62. The lowest BCUT2D eigenvalue weighted by Gasteiger charge is -2.24. The fourth-order valence-electron chi connectivity index (χ4n) is 2.62. The first-order chi connectivity index (χ1) is 9.80. The Morgan fingerprint density at radius 3 is 2.48 bits per heavy atom. The summed E-state index contributed by atoms with van der Waals surface area (Å²) in [5.74, 6) is -0.340. The summed E-state index contributed by atoms with van der Waals surface area (Å²) in [4.78, 5) is 13.7. The molecule has 1 N–H and O–H groups in total. The van der Waals surface area contributed by atoms with Gasteiger partial charge in [-0.25, -0.2) is 9.18 Å².